The Morgan fingerprint density at radius 3 is 2.07 bits per heavy atom. The molecule has 30 heavy (non-hydrogen) atoms. The van der Waals surface area contributed by atoms with Crippen molar-refractivity contribution in [3.63, 3.8) is 0 Å². The van der Waals surface area contributed by atoms with Gasteiger partial charge in [0.2, 0.25) is 5.95 Å². The van der Waals surface area contributed by atoms with Crippen molar-refractivity contribution >= 4 is 34.0 Å². The van der Waals surface area contributed by atoms with Crippen molar-refractivity contribution in [3.8, 4) is 5.75 Å². The predicted molar refractivity (Wildman–Crippen MR) is 121 cm³/mol. The fourth-order valence-corrected chi connectivity index (χ4v) is 3.23. The average Bonchev–Trinajstić information content (AvgIpc) is 2.72. The number of para-hydroxylation sites is 3. The number of nitrogens with one attached hydrogen (secondary N) is 2. The minimum atomic E-state index is -0.953. The fraction of sp³-hybridized carbons (Fsp3) is 0.167. The van der Waals surface area contributed by atoms with Gasteiger partial charge in [0.05, 0.1) is 0 Å². The van der Waals surface area contributed by atoms with Crippen LogP contribution in [0.2, 0.25) is 0 Å². The first-order valence-electron chi connectivity index (χ1n) is 9.82. The van der Waals surface area contributed by atoms with E-state index >= 15 is 0 Å². The van der Waals surface area contributed by atoms with Gasteiger partial charge in [-0.25, -0.2) is 4.98 Å². The summed E-state index contributed by atoms with van der Waals surface area (Å²) >= 11 is 0. The van der Waals surface area contributed by atoms with E-state index in [1.165, 1.54) is 0 Å². The average molecular weight is 400 g/mol. The molecule has 6 nitrogen and oxygen atoms in total. The summed E-state index contributed by atoms with van der Waals surface area (Å²) in [6, 6.07) is 21.6. The van der Waals surface area contributed by atoms with Gasteiger partial charge in [0.1, 0.15) is 17.1 Å². The highest BCUT2D eigenvalue weighted by molar-refractivity contribution is 5.95. The Hall–Kier alpha value is -3.64. The monoisotopic (exact) mass is 400 g/mol. The number of rotatable bonds is 6. The first-order valence-corrected chi connectivity index (χ1v) is 9.82. The van der Waals surface area contributed by atoms with Gasteiger partial charge >= 0.3 is 0 Å². The topological polar surface area (TPSA) is 79.3 Å². The molecular weight excluding hydrogens is 376 g/mol. The predicted octanol–water partition coefficient (Wildman–Crippen LogP) is 5.45. The second-order valence-electron chi connectivity index (χ2n) is 7.15. The third kappa shape index (κ3) is 4.18. The Bertz CT molecular complexity index is 1190. The van der Waals surface area contributed by atoms with Gasteiger partial charge in [-0.2, -0.15) is 4.98 Å². The van der Waals surface area contributed by atoms with Crippen molar-refractivity contribution in [3.05, 3.63) is 77.9 Å². The first kappa shape index (κ1) is 19.7. The van der Waals surface area contributed by atoms with E-state index in [2.05, 4.69) is 10.6 Å². The number of aromatic nitrogens is 2. The molecule has 0 fully saturated rings. The molecule has 0 saturated carbocycles. The highest BCUT2D eigenvalue weighted by Crippen LogP contribution is 2.33. The summed E-state index contributed by atoms with van der Waals surface area (Å²) in [5.41, 5.74) is 4.69. The van der Waals surface area contributed by atoms with Crippen molar-refractivity contribution in [2.75, 3.05) is 10.6 Å². The van der Waals surface area contributed by atoms with Crippen LogP contribution in [0.5, 0.6) is 5.75 Å². The van der Waals surface area contributed by atoms with Gasteiger partial charge in [-0.1, -0.05) is 42.5 Å². The Morgan fingerprint density at radius 1 is 0.800 bits per heavy atom. The normalized spacial score (nSPS) is 11.9. The van der Waals surface area contributed by atoms with E-state index in [9.17, 15) is 5.11 Å². The largest absolute Gasteiger partial charge is 0.463 e. The maximum atomic E-state index is 9.75. The molecule has 152 valence electrons. The number of hydrogen-bond acceptors (Lipinski definition) is 6. The highest BCUT2D eigenvalue weighted by atomic mass is 16.6. The minimum absolute atomic E-state index is 0.439. The molecule has 4 rings (SSSR count). The van der Waals surface area contributed by atoms with Crippen molar-refractivity contribution < 1.29 is 9.84 Å². The second kappa shape index (κ2) is 8.39. The molecule has 3 aromatic carbocycles. The molecule has 0 amide bonds. The van der Waals surface area contributed by atoms with Crippen LogP contribution in [0.3, 0.4) is 0 Å². The summed E-state index contributed by atoms with van der Waals surface area (Å²) in [7, 11) is 0. The number of aliphatic hydroxyl groups excluding tert-OH is 1. The molecule has 1 aromatic heterocycles. The SMILES string of the molecule is Cc1ccccc1Nc1nc(Nc2ccccc2C)c2cccc(OC(C)O)c2n1. The Kier molecular flexibility index (Phi) is 5.50. The maximum Gasteiger partial charge on any atom is 0.229 e. The van der Waals surface area contributed by atoms with E-state index in [1.807, 2.05) is 74.5 Å². The minimum Gasteiger partial charge on any atom is -0.463 e. The quantitative estimate of drug-likeness (QED) is 0.374. The van der Waals surface area contributed by atoms with Gasteiger partial charge in [-0.15, -0.1) is 0 Å². The van der Waals surface area contributed by atoms with E-state index in [0.717, 1.165) is 27.9 Å². The van der Waals surface area contributed by atoms with Crippen LogP contribution in [0.1, 0.15) is 18.1 Å². The number of aliphatic hydroxyl groups is 1. The molecule has 0 aliphatic carbocycles. The lowest BCUT2D eigenvalue weighted by atomic mass is 10.1. The smallest absolute Gasteiger partial charge is 0.229 e. The van der Waals surface area contributed by atoms with Gasteiger partial charge in [-0.3, -0.25) is 0 Å². The molecule has 0 aliphatic heterocycles. The van der Waals surface area contributed by atoms with Gasteiger partial charge in [0, 0.05) is 16.8 Å². The molecule has 1 heterocycles. The lowest BCUT2D eigenvalue weighted by Crippen LogP contribution is -2.11. The molecule has 0 radical (unpaired) electrons. The van der Waals surface area contributed by atoms with Crippen LogP contribution in [0.15, 0.2) is 66.7 Å². The summed E-state index contributed by atoms with van der Waals surface area (Å²) in [4.78, 5) is 9.43. The van der Waals surface area contributed by atoms with E-state index in [4.69, 9.17) is 14.7 Å². The maximum absolute atomic E-state index is 9.75. The lowest BCUT2D eigenvalue weighted by molar-refractivity contribution is 0.000727. The number of nitrogens with zero attached hydrogens (tertiary/aromatic N) is 2. The lowest BCUT2D eigenvalue weighted by Gasteiger charge is -2.16. The van der Waals surface area contributed by atoms with Crippen LogP contribution in [0, 0.1) is 13.8 Å². The molecule has 6 heteroatoms. The Balaban J connectivity index is 1.85. The third-order valence-corrected chi connectivity index (χ3v) is 4.78. The van der Waals surface area contributed by atoms with E-state index in [-0.39, 0.29) is 0 Å². The molecule has 0 aliphatic rings. The van der Waals surface area contributed by atoms with Crippen LogP contribution >= 0.6 is 0 Å². The van der Waals surface area contributed by atoms with Crippen molar-refractivity contribution in [1.82, 2.24) is 9.97 Å². The third-order valence-electron chi connectivity index (χ3n) is 4.78. The Morgan fingerprint density at radius 2 is 1.43 bits per heavy atom. The second-order valence-corrected chi connectivity index (χ2v) is 7.15. The summed E-state index contributed by atoms with van der Waals surface area (Å²) < 4.78 is 5.60. The van der Waals surface area contributed by atoms with Gasteiger partial charge in [-0.05, 0) is 56.2 Å². The fourth-order valence-electron chi connectivity index (χ4n) is 3.23. The van der Waals surface area contributed by atoms with Gasteiger partial charge in [0.15, 0.2) is 6.29 Å². The van der Waals surface area contributed by atoms with Gasteiger partial charge in [0.25, 0.3) is 0 Å². The molecule has 3 N–H and O–H groups in total. The summed E-state index contributed by atoms with van der Waals surface area (Å²) in [6.07, 6.45) is -0.953. The van der Waals surface area contributed by atoms with Crippen molar-refractivity contribution in [2.24, 2.45) is 0 Å². The van der Waals surface area contributed by atoms with E-state index in [1.54, 1.807) is 13.0 Å². The molecule has 4 aromatic rings. The molecular formula is C24H24N4O2. The molecule has 0 bridgehead atoms. The number of aryl methyl sites for hydroxylation is 2. The van der Waals surface area contributed by atoms with E-state index in [0.29, 0.717) is 23.0 Å². The number of fused-ring (bicyclic) bond motifs is 1. The number of ether oxygens (including phenoxy) is 1. The zero-order valence-electron chi connectivity index (χ0n) is 17.2. The van der Waals surface area contributed by atoms with Crippen LogP contribution in [-0.2, 0) is 0 Å². The van der Waals surface area contributed by atoms with Crippen LogP contribution in [0.25, 0.3) is 10.9 Å². The van der Waals surface area contributed by atoms with Crippen LogP contribution < -0.4 is 15.4 Å². The first-order chi connectivity index (χ1) is 14.5. The summed E-state index contributed by atoms with van der Waals surface area (Å²) in [5, 5.41) is 17.3. The number of benzene rings is 3. The number of anilines is 4. The van der Waals surface area contributed by atoms with Crippen LogP contribution in [-0.4, -0.2) is 21.4 Å². The van der Waals surface area contributed by atoms with Crippen LogP contribution in [0.4, 0.5) is 23.1 Å². The molecule has 1 atom stereocenters. The van der Waals surface area contributed by atoms with Crippen molar-refractivity contribution in [1.29, 1.82) is 0 Å². The molecule has 0 saturated heterocycles. The Labute approximate surface area is 175 Å². The molecule has 0 spiro atoms. The summed E-state index contributed by atoms with van der Waals surface area (Å²) in [6.45, 7) is 5.64. The van der Waals surface area contributed by atoms with Gasteiger partial charge < -0.3 is 20.5 Å². The zero-order chi connectivity index (χ0) is 21.1. The van der Waals surface area contributed by atoms with E-state index < -0.39 is 6.29 Å². The van der Waals surface area contributed by atoms with Crippen molar-refractivity contribution in [2.45, 2.75) is 27.1 Å². The zero-order valence-corrected chi connectivity index (χ0v) is 17.2. The summed E-state index contributed by atoms with van der Waals surface area (Å²) in [5.74, 6) is 1.58. The number of hydrogen-bond donors (Lipinski definition) is 3. The molecule has 1 unspecified atom stereocenters. The highest BCUT2D eigenvalue weighted by Gasteiger charge is 2.14. The standard InChI is InChI=1S/C24H24N4O2/c1-15-9-4-6-12-19(15)25-23-18-11-8-14-21(30-17(3)29)22(18)27-24(28-23)26-20-13-7-5-10-16(20)2/h4-14,17,29H,1-3H3,(H2,25,26,27,28).